The number of pyridine rings is 1. The highest BCUT2D eigenvalue weighted by Gasteiger charge is 2.33. The minimum atomic E-state index is -3.75. The molecule has 8 nitrogen and oxygen atoms in total. The van der Waals surface area contributed by atoms with Crippen molar-refractivity contribution in [3.05, 3.63) is 52.0 Å². The van der Waals surface area contributed by atoms with Gasteiger partial charge in [-0.1, -0.05) is 16.8 Å². The van der Waals surface area contributed by atoms with E-state index < -0.39 is 10.0 Å². The van der Waals surface area contributed by atoms with Crippen molar-refractivity contribution >= 4 is 38.4 Å². The van der Waals surface area contributed by atoms with Crippen LogP contribution in [0.4, 0.5) is 0 Å². The summed E-state index contributed by atoms with van der Waals surface area (Å²) in [5, 5.41) is 5.13. The Balaban J connectivity index is 1.57. The Morgan fingerprint density at radius 1 is 1.06 bits per heavy atom. The van der Waals surface area contributed by atoms with Gasteiger partial charge in [-0.15, -0.1) is 0 Å². The highest BCUT2D eigenvalue weighted by Crippen LogP contribution is 2.25. The van der Waals surface area contributed by atoms with Gasteiger partial charge in [0, 0.05) is 36.6 Å². The van der Waals surface area contributed by atoms with E-state index in [1.54, 1.807) is 43.9 Å². The Labute approximate surface area is 185 Å². The number of rotatable bonds is 3. The number of aryl methyl sites for hydroxylation is 3. The summed E-state index contributed by atoms with van der Waals surface area (Å²) in [6.07, 6.45) is 0.528. The molecule has 2 aromatic heterocycles. The van der Waals surface area contributed by atoms with E-state index in [2.05, 4.69) is 10.1 Å². The van der Waals surface area contributed by atoms with E-state index in [-0.39, 0.29) is 29.7 Å². The number of benzene rings is 1. The average Bonchev–Trinajstić information content (AvgIpc) is 2.92. The maximum absolute atomic E-state index is 13.3. The van der Waals surface area contributed by atoms with Gasteiger partial charge in [-0.3, -0.25) is 9.78 Å². The molecule has 1 saturated heterocycles. The molecule has 0 saturated carbocycles. The van der Waals surface area contributed by atoms with Crippen molar-refractivity contribution in [1.82, 2.24) is 19.3 Å². The van der Waals surface area contributed by atoms with Crippen LogP contribution in [0.25, 0.3) is 10.9 Å². The lowest BCUT2D eigenvalue weighted by Gasteiger charge is -2.22. The predicted octanol–water partition coefficient (Wildman–Crippen LogP) is 3.34. The maximum Gasteiger partial charge on any atom is 0.255 e. The highest BCUT2D eigenvalue weighted by molar-refractivity contribution is 7.89. The van der Waals surface area contributed by atoms with Crippen molar-refractivity contribution in [2.45, 2.75) is 32.1 Å². The van der Waals surface area contributed by atoms with Crippen LogP contribution in [-0.2, 0) is 10.0 Å². The van der Waals surface area contributed by atoms with Gasteiger partial charge in [0.25, 0.3) is 5.91 Å². The maximum atomic E-state index is 13.3. The van der Waals surface area contributed by atoms with Gasteiger partial charge in [0.2, 0.25) is 10.0 Å². The number of sulfonamides is 1. The van der Waals surface area contributed by atoms with Crippen LogP contribution in [-0.4, -0.2) is 59.8 Å². The van der Waals surface area contributed by atoms with Gasteiger partial charge in [-0.05, 0) is 51.5 Å². The standard InChI is InChI=1S/C21H23ClN4O4S/c1-13-18(12-16-11-17(22)5-6-19(16)23-13)21(27)25-7-4-8-26(10-9-25)31(28,29)20-14(2)24-30-15(20)3/h5-6,11-12H,4,7-10H2,1-3H3. The topological polar surface area (TPSA) is 96.6 Å². The molecule has 1 fully saturated rings. The second kappa shape index (κ2) is 8.22. The molecular formula is C21H23ClN4O4S. The van der Waals surface area contributed by atoms with E-state index in [1.165, 1.54) is 4.31 Å². The summed E-state index contributed by atoms with van der Waals surface area (Å²) in [6.45, 7) is 6.26. The molecule has 1 aliphatic heterocycles. The molecule has 1 aromatic carbocycles. The number of hydrogen-bond acceptors (Lipinski definition) is 6. The van der Waals surface area contributed by atoms with Crippen LogP contribution >= 0.6 is 11.6 Å². The monoisotopic (exact) mass is 462 g/mol. The molecule has 1 aliphatic rings. The molecule has 164 valence electrons. The third kappa shape index (κ3) is 4.05. The summed E-state index contributed by atoms with van der Waals surface area (Å²) >= 11 is 6.09. The fraction of sp³-hybridized carbons (Fsp3) is 0.381. The Kier molecular flexibility index (Phi) is 5.76. The number of fused-ring (bicyclic) bond motifs is 1. The second-order valence-electron chi connectivity index (χ2n) is 7.66. The van der Waals surface area contributed by atoms with Crippen LogP contribution in [0.2, 0.25) is 5.02 Å². The van der Waals surface area contributed by atoms with Crippen LogP contribution < -0.4 is 0 Å². The molecule has 0 spiro atoms. The van der Waals surface area contributed by atoms with E-state index >= 15 is 0 Å². The van der Waals surface area contributed by atoms with Gasteiger partial charge in [-0.2, -0.15) is 4.31 Å². The fourth-order valence-corrected chi connectivity index (χ4v) is 5.88. The van der Waals surface area contributed by atoms with E-state index in [0.717, 1.165) is 10.9 Å². The van der Waals surface area contributed by atoms with Crippen molar-refractivity contribution in [2.75, 3.05) is 26.2 Å². The lowest BCUT2D eigenvalue weighted by atomic mass is 10.1. The predicted molar refractivity (Wildman–Crippen MR) is 117 cm³/mol. The number of carbonyl (C=O) groups excluding carboxylic acids is 1. The minimum absolute atomic E-state index is 0.110. The zero-order chi connectivity index (χ0) is 22.3. The largest absolute Gasteiger partial charge is 0.360 e. The van der Waals surface area contributed by atoms with Gasteiger partial charge in [0.15, 0.2) is 5.76 Å². The van der Waals surface area contributed by atoms with Crippen molar-refractivity contribution in [3.8, 4) is 0 Å². The number of hydrogen-bond donors (Lipinski definition) is 0. The first kappa shape index (κ1) is 21.7. The summed E-state index contributed by atoms with van der Waals surface area (Å²) in [5.41, 5.74) is 2.23. The molecule has 4 rings (SSSR count). The molecule has 0 radical (unpaired) electrons. The van der Waals surface area contributed by atoms with Gasteiger partial charge >= 0.3 is 0 Å². The van der Waals surface area contributed by atoms with Gasteiger partial charge in [0.1, 0.15) is 10.6 Å². The third-order valence-corrected chi connectivity index (χ3v) is 7.88. The molecule has 0 N–H and O–H groups in total. The second-order valence-corrected chi connectivity index (χ2v) is 9.97. The van der Waals surface area contributed by atoms with Crippen molar-refractivity contribution in [3.63, 3.8) is 0 Å². The molecule has 3 aromatic rings. The Hall–Kier alpha value is -2.49. The molecular weight excluding hydrogens is 440 g/mol. The number of aromatic nitrogens is 2. The lowest BCUT2D eigenvalue weighted by Crippen LogP contribution is -2.37. The van der Waals surface area contributed by atoms with Crippen molar-refractivity contribution < 1.29 is 17.7 Å². The van der Waals surface area contributed by atoms with Crippen LogP contribution in [0.1, 0.15) is 33.9 Å². The summed E-state index contributed by atoms with van der Waals surface area (Å²) in [5.74, 6) is 0.106. The highest BCUT2D eigenvalue weighted by atomic mass is 35.5. The molecule has 10 heteroatoms. The van der Waals surface area contributed by atoms with Crippen molar-refractivity contribution in [1.29, 1.82) is 0 Å². The average molecular weight is 463 g/mol. The Morgan fingerprint density at radius 2 is 1.84 bits per heavy atom. The molecule has 1 amide bonds. The van der Waals surface area contributed by atoms with Crippen LogP contribution in [0.5, 0.6) is 0 Å². The number of carbonyl (C=O) groups is 1. The first-order valence-electron chi connectivity index (χ1n) is 9.97. The number of amides is 1. The van der Waals surface area contributed by atoms with Gasteiger partial charge in [0.05, 0.1) is 16.8 Å². The van der Waals surface area contributed by atoms with E-state index in [0.29, 0.717) is 41.5 Å². The fourth-order valence-electron chi connectivity index (χ4n) is 3.94. The normalized spacial score (nSPS) is 15.9. The summed E-state index contributed by atoms with van der Waals surface area (Å²) < 4.78 is 32.7. The molecule has 3 heterocycles. The summed E-state index contributed by atoms with van der Waals surface area (Å²) in [6, 6.07) is 7.17. The SMILES string of the molecule is Cc1nc2ccc(Cl)cc2cc1C(=O)N1CCCN(S(=O)(=O)c2c(C)noc2C)CC1. The smallest absolute Gasteiger partial charge is 0.255 e. The van der Waals surface area contributed by atoms with Crippen LogP contribution in [0.3, 0.4) is 0 Å². The van der Waals surface area contributed by atoms with Crippen molar-refractivity contribution in [2.24, 2.45) is 0 Å². The van der Waals surface area contributed by atoms with E-state index in [9.17, 15) is 13.2 Å². The van der Waals surface area contributed by atoms with Crippen LogP contribution in [0, 0.1) is 20.8 Å². The molecule has 0 atom stereocenters. The number of halogens is 1. The minimum Gasteiger partial charge on any atom is -0.360 e. The first-order chi connectivity index (χ1) is 14.7. The van der Waals surface area contributed by atoms with E-state index in [1.807, 2.05) is 6.07 Å². The Morgan fingerprint density at radius 3 is 2.55 bits per heavy atom. The van der Waals surface area contributed by atoms with Gasteiger partial charge in [-0.25, -0.2) is 8.42 Å². The lowest BCUT2D eigenvalue weighted by molar-refractivity contribution is 0.0763. The third-order valence-electron chi connectivity index (χ3n) is 5.51. The van der Waals surface area contributed by atoms with E-state index in [4.69, 9.17) is 16.1 Å². The molecule has 0 unspecified atom stereocenters. The Bertz CT molecular complexity index is 1250. The molecule has 0 aliphatic carbocycles. The zero-order valence-electron chi connectivity index (χ0n) is 17.6. The van der Waals surface area contributed by atoms with Gasteiger partial charge < -0.3 is 9.42 Å². The number of nitrogens with zero attached hydrogens (tertiary/aromatic N) is 4. The summed E-state index contributed by atoms with van der Waals surface area (Å²) in [7, 11) is -3.75. The molecule has 31 heavy (non-hydrogen) atoms. The zero-order valence-corrected chi connectivity index (χ0v) is 19.1. The first-order valence-corrected chi connectivity index (χ1v) is 11.8. The molecule has 0 bridgehead atoms. The van der Waals surface area contributed by atoms with Crippen LogP contribution in [0.15, 0.2) is 33.7 Å². The summed E-state index contributed by atoms with van der Waals surface area (Å²) in [4.78, 5) is 19.6. The quantitative estimate of drug-likeness (QED) is 0.592.